The van der Waals surface area contributed by atoms with Crippen molar-refractivity contribution in [3.8, 4) is 5.75 Å². The summed E-state index contributed by atoms with van der Waals surface area (Å²) >= 11 is 0. The van der Waals surface area contributed by atoms with Crippen molar-refractivity contribution in [1.82, 2.24) is 0 Å². The van der Waals surface area contributed by atoms with E-state index in [1.165, 1.54) is 12.7 Å². The molecule has 0 saturated heterocycles. The topological polar surface area (TPSA) is 35.5 Å². The van der Waals surface area contributed by atoms with Gasteiger partial charge < -0.3 is 9.47 Å². The Morgan fingerprint density at radius 1 is 1.29 bits per heavy atom. The highest BCUT2D eigenvalue weighted by Crippen LogP contribution is 2.12. The van der Waals surface area contributed by atoms with E-state index in [-0.39, 0.29) is 12.6 Å². The summed E-state index contributed by atoms with van der Waals surface area (Å²) < 4.78 is 9.64. The van der Waals surface area contributed by atoms with Gasteiger partial charge in [-0.25, -0.2) is 4.79 Å². The van der Waals surface area contributed by atoms with Crippen molar-refractivity contribution in [3.63, 3.8) is 0 Å². The zero-order valence-corrected chi connectivity index (χ0v) is 8.45. The molecule has 0 aliphatic rings. The molecule has 3 nitrogen and oxygen atoms in total. The number of esters is 1. The van der Waals surface area contributed by atoms with Crippen LogP contribution in [0.1, 0.15) is 12.5 Å². The van der Waals surface area contributed by atoms with Gasteiger partial charge >= 0.3 is 5.97 Å². The predicted octanol–water partition coefficient (Wildman–Crippen LogP) is 1.80. The highest BCUT2D eigenvalue weighted by molar-refractivity contribution is 5.73. The van der Waals surface area contributed by atoms with Gasteiger partial charge in [0.1, 0.15) is 12.4 Å². The van der Waals surface area contributed by atoms with Crippen LogP contribution in [0.4, 0.5) is 0 Å². The molecule has 0 aromatic heterocycles. The number of benzene rings is 1. The van der Waals surface area contributed by atoms with Gasteiger partial charge in [0.2, 0.25) is 0 Å². The Labute approximate surface area is 83.6 Å². The second-order valence-corrected chi connectivity index (χ2v) is 2.90. The number of carbonyl (C=O) groups is 1. The minimum atomic E-state index is -0.378. The standard InChI is InChI=1S/C11H14O3/c1-3-9-4-6-10(7-5-9)14-11(12)8-13-2/h4-7H,3,8H2,1-2H3. The Kier molecular flexibility index (Phi) is 4.13. The minimum absolute atomic E-state index is 0.0183. The molecule has 1 aromatic rings. The number of ether oxygens (including phenoxy) is 2. The van der Waals surface area contributed by atoms with Gasteiger partial charge in [-0.15, -0.1) is 0 Å². The molecule has 0 atom stereocenters. The van der Waals surface area contributed by atoms with E-state index >= 15 is 0 Å². The molecule has 3 heteroatoms. The van der Waals surface area contributed by atoms with Crippen LogP contribution < -0.4 is 4.74 Å². The van der Waals surface area contributed by atoms with Crippen LogP contribution >= 0.6 is 0 Å². The molecule has 0 saturated carbocycles. The SMILES string of the molecule is CCc1ccc(OC(=O)COC)cc1. The average Bonchev–Trinajstić information content (AvgIpc) is 2.19. The van der Waals surface area contributed by atoms with Crippen molar-refractivity contribution in [2.45, 2.75) is 13.3 Å². The molecular formula is C11H14O3. The van der Waals surface area contributed by atoms with Gasteiger partial charge in [-0.1, -0.05) is 19.1 Å². The molecule has 0 aliphatic carbocycles. The van der Waals surface area contributed by atoms with Gasteiger partial charge in [0.15, 0.2) is 0 Å². The second kappa shape index (κ2) is 5.40. The lowest BCUT2D eigenvalue weighted by atomic mass is 10.2. The van der Waals surface area contributed by atoms with Gasteiger partial charge in [-0.05, 0) is 24.1 Å². The number of aryl methyl sites for hydroxylation is 1. The summed E-state index contributed by atoms with van der Waals surface area (Å²) in [5.74, 6) is 0.181. The van der Waals surface area contributed by atoms with Crippen molar-refractivity contribution in [2.24, 2.45) is 0 Å². The molecule has 76 valence electrons. The molecular weight excluding hydrogens is 180 g/mol. The van der Waals surface area contributed by atoms with Crippen LogP contribution in [-0.4, -0.2) is 19.7 Å². The number of hydrogen-bond donors (Lipinski definition) is 0. The average molecular weight is 194 g/mol. The lowest BCUT2D eigenvalue weighted by Crippen LogP contribution is -2.14. The first kappa shape index (κ1) is 10.7. The van der Waals surface area contributed by atoms with Crippen molar-refractivity contribution >= 4 is 5.97 Å². The lowest BCUT2D eigenvalue weighted by molar-refractivity contribution is -0.138. The molecule has 1 rings (SSSR count). The number of methoxy groups -OCH3 is 1. The quantitative estimate of drug-likeness (QED) is 0.541. The summed E-state index contributed by atoms with van der Waals surface area (Å²) in [6.07, 6.45) is 0.978. The van der Waals surface area contributed by atoms with E-state index in [1.807, 2.05) is 12.1 Å². The van der Waals surface area contributed by atoms with Gasteiger partial charge in [0.25, 0.3) is 0 Å². The van der Waals surface area contributed by atoms with E-state index in [0.29, 0.717) is 5.75 Å². The number of rotatable bonds is 4. The molecule has 14 heavy (non-hydrogen) atoms. The fourth-order valence-electron chi connectivity index (χ4n) is 1.07. The van der Waals surface area contributed by atoms with Crippen LogP contribution in [0.2, 0.25) is 0 Å². The molecule has 0 unspecified atom stereocenters. The summed E-state index contributed by atoms with van der Waals surface area (Å²) in [4.78, 5) is 11.0. The molecule has 0 bridgehead atoms. The zero-order valence-electron chi connectivity index (χ0n) is 8.45. The van der Waals surface area contributed by atoms with Crippen molar-refractivity contribution in [3.05, 3.63) is 29.8 Å². The van der Waals surface area contributed by atoms with Crippen molar-refractivity contribution < 1.29 is 14.3 Å². The maximum absolute atomic E-state index is 11.0. The first-order valence-corrected chi connectivity index (χ1v) is 4.54. The molecule has 0 amide bonds. The summed E-state index contributed by atoms with van der Waals surface area (Å²) in [7, 11) is 1.46. The monoisotopic (exact) mass is 194 g/mol. The number of carbonyl (C=O) groups excluding carboxylic acids is 1. The molecule has 0 spiro atoms. The summed E-state index contributed by atoms with van der Waals surface area (Å²) in [5.41, 5.74) is 1.22. The molecule has 0 fully saturated rings. The van der Waals surface area contributed by atoms with Crippen molar-refractivity contribution in [1.29, 1.82) is 0 Å². The molecule has 1 aromatic carbocycles. The van der Waals surface area contributed by atoms with E-state index in [2.05, 4.69) is 11.7 Å². The Morgan fingerprint density at radius 2 is 1.93 bits per heavy atom. The normalized spacial score (nSPS) is 9.86. The smallest absolute Gasteiger partial charge is 0.337 e. The highest BCUT2D eigenvalue weighted by atomic mass is 16.6. The number of hydrogen-bond acceptors (Lipinski definition) is 3. The Bertz CT molecular complexity index is 290. The summed E-state index contributed by atoms with van der Waals surface area (Å²) in [6.45, 7) is 2.06. The van der Waals surface area contributed by atoms with Gasteiger partial charge in [0.05, 0.1) is 0 Å². The molecule has 0 radical (unpaired) electrons. The fraction of sp³-hybridized carbons (Fsp3) is 0.364. The second-order valence-electron chi connectivity index (χ2n) is 2.90. The maximum Gasteiger partial charge on any atom is 0.337 e. The van der Waals surface area contributed by atoms with Gasteiger partial charge in [0, 0.05) is 7.11 Å². The highest BCUT2D eigenvalue weighted by Gasteiger charge is 2.02. The van der Waals surface area contributed by atoms with E-state index in [1.54, 1.807) is 12.1 Å². The van der Waals surface area contributed by atoms with Gasteiger partial charge in [-0.3, -0.25) is 0 Å². The molecule has 0 aliphatic heterocycles. The summed E-state index contributed by atoms with van der Waals surface area (Å²) in [6, 6.07) is 7.45. The van der Waals surface area contributed by atoms with Crippen LogP contribution in [-0.2, 0) is 16.0 Å². The Balaban J connectivity index is 2.55. The van der Waals surface area contributed by atoms with E-state index in [9.17, 15) is 4.79 Å². The Morgan fingerprint density at radius 3 is 2.43 bits per heavy atom. The zero-order chi connectivity index (χ0) is 10.4. The van der Waals surface area contributed by atoms with Crippen LogP contribution in [0.15, 0.2) is 24.3 Å². The van der Waals surface area contributed by atoms with E-state index in [4.69, 9.17) is 4.74 Å². The van der Waals surface area contributed by atoms with Gasteiger partial charge in [-0.2, -0.15) is 0 Å². The molecule has 0 N–H and O–H groups in total. The first-order valence-electron chi connectivity index (χ1n) is 4.54. The third-order valence-electron chi connectivity index (χ3n) is 1.83. The summed E-state index contributed by atoms with van der Waals surface area (Å²) in [5, 5.41) is 0. The Hall–Kier alpha value is -1.35. The largest absolute Gasteiger partial charge is 0.425 e. The predicted molar refractivity (Wildman–Crippen MR) is 53.3 cm³/mol. The van der Waals surface area contributed by atoms with Crippen LogP contribution in [0.25, 0.3) is 0 Å². The lowest BCUT2D eigenvalue weighted by Gasteiger charge is -2.03. The third kappa shape index (κ3) is 3.18. The fourth-order valence-corrected chi connectivity index (χ4v) is 1.07. The van der Waals surface area contributed by atoms with E-state index < -0.39 is 0 Å². The maximum atomic E-state index is 11.0. The van der Waals surface area contributed by atoms with E-state index in [0.717, 1.165) is 6.42 Å². The first-order chi connectivity index (χ1) is 6.76. The molecule has 0 heterocycles. The van der Waals surface area contributed by atoms with Crippen LogP contribution in [0, 0.1) is 0 Å². The van der Waals surface area contributed by atoms with Crippen molar-refractivity contribution in [2.75, 3.05) is 13.7 Å². The third-order valence-corrected chi connectivity index (χ3v) is 1.83. The van der Waals surface area contributed by atoms with Crippen LogP contribution in [0.3, 0.4) is 0 Å². The minimum Gasteiger partial charge on any atom is -0.425 e. The van der Waals surface area contributed by atoms with Crippen LogP contribution in [0.5, 0.6) is 5.75 Å².